The normalized spacial score (nSPS) is 15.2. The van der Waals surface area contributed by atoms with E-state index in [1.807, 2.05) is 0 Å². The molecule has 0 heterocycles. The summed E-state index contributed by atoms with van der Waals surface area (Å²) in [5.74, 6) is 0. The van der Waals surface area contributed by atoms with Gasteiger partial charge in [0, 0.05) is 20.6 Å². The highest BCUT2D eigenvalue weighted by Crippen LogP contribution is 2.22. The maximum Gasteiger partial charge on any atom is 0.403 e. The van der Waals surface area contributed by atoms with Gasteiger partial charge < -0.3 is 15.2 Å². The van der Waals surface area contributed by atoms with Gasteiger partial charge in [-0.1, -0.05) is 0 Å². The van der Waals surface area contributed by atoms with Crippen LogP contribution in [0.25, 0.3) is 0 Å². The van der Waals surface area contributed by atoms with Gasteiger partial charge in [0.05, 0.1) is 0 Å². The van der Waals surface area contributed by atoms with Crippen molar-refractivity contribution >= 4 is 0 Å². The van der Waals surface area contributed by atoms with Crippen LogP contribution < -0.4 is 5.73 Å². The predicted octanol–water partition coefficient (Wildman–Crippen LogP) is 0.885. The second kappa shape index (κ2) is 4.64. The Balaban J connectivity index is 3.90. The molecule has 0 aromatic carbocycles. The summed E-state index contributed by atoms with van der Waals surface area (Å²) in [5.41, 5.74) is 4.82. The average Bonchev–Trinajstić information content (AvgIpc) is 1.97. The van der Waals surface area contributed by atoms with Gasteiger partial charge in [0.15, 0.2) is 6.29 Å². The monoisotopic (exact) mass is 187 g/mol. The van der Waals surface area contributed by atoms with Crippen molar-refractivity contribution in [1.82, 2.24) is 0 Å². The molecule has 1 atom stereocenters. The molecule has 0 rings (SSSR count). The molecule has 0 bridgehead atoms. The Morgan fingerprint density at radius 1 is 1.25 bits per heavy atom. The number of hydrogen-bond donors (Lipinski definition) is 1. The molecule has 1 unspecified atom stereocenters. The molecular formula is C6H12F3NO2. The Morgan fingerprint density at radius 3 is 1.92 bits per heavy atom. The van der Waals surface area contributed by atoms with E-state index in [0.717, 1.165) is 0 Å². The van der Waals surface area contributed by atoms with Gasteiger partial charge in [-0.25, -0.2) is 0 Å². The Bertz CT molecular complexity index is 124. The topological polar surface area (TPSA) is 44.5 Å². The largest absolute Gasteiger partial charge is 0.403 e. The van der Waals surface area contributed by atoms with Crippen LogP contribution in [0.2, 0.25) is 0 Å². The standard InChI is InChI=1S/C6H12F3NO2/c1-11-5(12-2)3-4(10)6(7,8)9/h4-5H,3,10H2,1-2H3. The number of rotatable bonds is 4. The molecule has 0 aromatic rings. The minimum absolute atomic E-state index is 0.392. The van der Waals surface area contributed by atoms with Gasteiger partial charge in [-0.15, -0.1) is 0 Å². The van der Waals surface area contributed by atoms with Crippen molar-refractivity contribution < 1.29 is 22.6 Å². The van der Waals surface area contributed by atoms with Crippen molar-refractivity contribution in [2.24, 2.45) is 5.73 Å². The smallest absolute Gasteiger partial charge is 0.356 e. The van der Waals surface area contributed by atoms with Crippen molar-refractivity contribution in [1.29, 1.82) is 0 Å². The minimum Gasteiger partial charge on any atom is -0.356 e. The molecule has 12 heavy (non-hydrogen) atoms. The van der Waals surface area contributed by atoms with Gasteiger partial charge in [0.2, 0.25) is 0 Å². The third kappa shape index (κ3) is 3.89. The maximum absolute atomic E-state index is 11.8. The second-order valence-corrected chi connectivity index (χ2v) is 2.28. The van der Waals surface area contributed by atoms with Gasteiger partial charge in [0.1, 0.15) is 6.04 Å². The number of ether oxygens (including phenoxy) is 2. The molecule has 0 amide bonds. The SMILES string of the molecule is COC(CC(N)C(F)(F)F)OC. The quantitative estimate of drug-likeness (QED) is 0.664. The van der Waals surface area contributed by atoms with E-state index in [-0.39, 0.29) is 0 Å². The third-order valence-electron chi connectivity index (χ3n) is 1.39. The molecule has 74 valence electrons. The Labute approximate surface area is 68.6 Å². The van der Waals surface area contributed by atoms with Crippen LogP contribution in [0.4, 0.5) is 13.2 Å². The summed E-state index contributed by atoms with van der Waals surface area (Å²) >= 11 is 0. The van der Waals surface area contributed by atoms with E-state index in [4.69, 9.17) is 5.73 Å². The lowest BCUT2D eigenvalue weighted by Gasteiger charge is -2.20. The zero-order chi connectivity index (χ0) is 9.78. The van der Waals surface area contributed by atoms with Crippen LogP contribution in [0.15, 0.2) is 0 Å². The van der Waals surface area contributed by atoms with E-state index < -0.39 is 24.9 Å². The van der Waals surface area contributed by atoms with Crippen molar-refractivity contribution in [2.45, 2.75) is 24.9 Å². The highest BCUT2D eigenvalue weighted by Gasteiger charge is 2.38. The fourth-order valence-corrected chi connectivity index (χ4v) is 0.630. The van der Waals surface area contributed by atoms with Crippen molar-refractivity contribution in [2.75, 3.05) is 14.2 Å². The molecule has 0 aliphatic carbocycles. The molecule has 2 N–H and O–H groups in total. The number of nitrogens with two attached hydrogens (primary N) is 1. The van der Waals surface area contributed by atoms with Crippen LogP contribution >= 0.6 is 0 Å². The Hall–Kier alpha value is -0.330. The lowest BCUT2D eigenvalue weighted by molar-refractivity contribution is -0.176. The van der Waals surface area contributed by atoms with Crippen molar-refractivity contribution in [3.63, 3.8) is 0 Å². The highest BCUT2D eigenvalue weighted by molar-refractivity contribution is 4.71. The number of hydrogen-bond acceptors (Lipinski definition) is 3. The number of halogens is 3. The molecule has 3 nitrogen and oxygen atoms in total. The summed E-state index contributed by atoms with van der Waals surface area (Å²) in [6, 6.07) is -1.90. The molecule has 0 saturated carbocycles. The van der Waals surface area contributed by atoms with Crippen molar-refractivity contribution in [3.05, 3.63) is 0 Å². The molecule has 0 aromatic heterocycles. The van der Waals surface area contributed by atoms with Gasteiger partial charge in [0.25, 0.3) is 0 Å². The van der Waals surface area contributed by atoms with Crippen molar-refractivity contribution in [3.8, 4) is 0 Å². The van der Waals surface area contributed by atoms with Gasteiger partial charge >= 0.3 is 6.18 Å². The first-order chi connectivity index (χ1) is 5.41. The third-order valence-corrected chi connectivity index (χ3v) is 1.39. The molecular weight excluding hydrogens is 175 g/mol. The van der Waals surface area contributed by atoms with Crippen LogP contribution in [-0.2, 0) is 9.47 Å². The van der Waals surface area contributed by atoms with E-state index >= 15 is 0 Å². The Morgan fingerprint density at radius 2 is 1.67 bits per heavy atom. The summed E-state index contributed by atoms with van der Waals surface area (Å²) in [6.45, 7) is 0. The Kier molecular flexibility index (Phi) is 4.51. The molecule has 0 spiro atoms. The summed E-state index contributed by atoms with van der Waals surface area (Å²) in [6.07, 6.45) is -5.69. The van der Waals surface area contributed by atoms with Gasteiger partial charge in [-0.05, 0) is 0 Å². The zero-order valence-corrected chi connectivity index (χ0v) is 6.89. The molecule has 0 radical (unpaired) electrons. The average molecular weight is 187 g/mol. The lowest BCUT2D eigenvalue weighted by atomic mass is 10.2. The molecule has 0 aliphatic heterocycles. The summed E-state index contributed by atoms with van der Waals surface area (Å²) < 4.78 is 44.7. The van der Waals surface area contributed by atoms with E-state index in [2.05, 4.69) is 9.47 Å². The predicted molar refractivity (Wildman–Crippen MR) is 36.5 cm³/mol. The molecule has 0 saturated heterocycles. The number of methoxy groups -OCH3 is 2. The highest BCUT2D eigenvalue weighted by atomic mass is 19.4. The van der Waals surface area contributed by atoms with Crippen LogP contribution in [0, 0.1) is 0 Å². The van der Waals surface area contributed by atoms with Crippen LogP contribution in [-0.4, -0.2) is 32.7 Å². The second-order valence-electron chi connectivity index (χ2n) is 2.28. The van der Waals surface area contributed by atoms with Crippen LogP contribution in [0.3, 0.4) is 0 Å². The fourth-order valence-electron chi connectivity index (χ4n) is 0.630. The van der Waals surface area contributed by atoms with E-state index in [1.54, 1.807) is 0 Å². The fraction of sp³-hybridized carbons (Fsp3) is 1.00. The minimum atomic E-state index is -4.39. The first-order valence-corrected chi connectivity index (χ1v) is 3.29. The van der Waals surface area contributed by atoms with Crippen LogP contribution in [0.5, 0.6) is 0 Å². The first kappa shape index (κ1) is 11.7. The maximum atomic E-state index is 11.8. The first-order valence-electron chi connectivity index (χ1n) is 3.29. The molecule has 0 fully saturated rings. The van der Waals surface area contributed by atoms with E-state index in [9.17, 15) is 13.2 Å². The lowest BCUT2D eigenvalue weighted by Crippen LogP contribution is -2.40. The van der Waals surface area contributed by atoms with Crippen LogP contribution in [0.1, 0.15) is 6.42 Å². The van der Waals surface area contributed by atoms with E-state index in [1.165, 1.54) is 14.2 Å². The zero-order valence-electron chi connectivity index (χ0n) is 6.89. The van der Waals surface area contributed by atoms with E-state index in [0.29, 0.717) is 0 Å². The van der Waals surface area contributed by atoms with Gasteiger partial charge in [-0.2, -0.15) is 13.2 Å². The summed E-state index contributed by atoms with van der Waals surface area (Å²) in [4.78, 5) is 0. The summed E-state index contributed by atoms with van der Waals surface area (Å²) in [7, 11) is 2.52. The number of alkyl halides is 3. The van der Waals surface area contributed by atoms with Gasteiger partial charge in [-0.3, -0.25) is 0 Å². The molecule has 6 heteroatoms. The summed E-state index contributed by atoms with van der Waals surface area (Å²) in [5, 5.41) is 0. The molecule has 0 aliphatic rings.